The van der Waals surface area contributed by atoms with Crippen LogP contribution in [0.3, 0.4) is 0 Å². The van der Waals surface area contributed by atoms with Gasteiger partial charge in [0.2, 0.25) is 5.91 Å². The van der Waals surface area contributed by atoms with Gasteiger partial charge in [0, 0.05) is 5.69 Å². The highest BCUT2D eigenvalue weighted by molar-refractivity contribution is 5.93. The fraction of sp³-hybridized carbons (Fsp3) is 0.611. The molecule has 1 fully saturated rings. The molecule has 0 aromatic heterocycles. The summed E-state index contributed by atoms with van der Waals surface area (Å²) in [6, 6.07) is 6.16. The Morgan fingerprint density at radius 2 is 1.96 bits per heavy atom. The first-order chi connectivity index (χ1) is 10.6. The Labute approximate surface area is 146 Å². The van der Waals surface area contributed by atoms with E-state index in [9.17, 15) is 4.79 Å². The van der Waals surface area contributed by atoms with Crippen molar-refractivity contribution >= 4 is 24.0 Å². The van der Waals surface area contributed by atoms with E-state index < -0.39 is 0 Å². The summed E-state index contributed by atoms with van der Waals surface area (Å²) in [5, 5.41) is 6.47. The van der Waals surface area contributed by atoms with Crippen molar-refractivity contribution in [2.75, 3.05) is 38.0 Å². The highest BCUT2D eigenvalue weighted by Crippen LogP contribution is 2.18. The van der Waals surface area contributed by atoms with Crippen LogP contribution in [0.4, 0.5) is 5.69 Å². The van der Waals surface area contributed by atoms with E-state index in [1.54, 1.807) is 0 Å². The van der Waals surface area contributed by atoms with Crippen LogP contribution in [0.15, 0.2) is 18.2 Å². The number of likely N-dealkylation sites (tertiary alicyclic amines) is 1. The number of rotatable bonds is 6. The van der Waals surface area contributed by atoms with Crippen LogP contribution in [0.5, 0.6) is 0 Å². The van der Waals surface area contributed by atoms with Gasteiger partial charge in [0.1, 0.15) is 0 Å². The summed E-state index contributed by atoms with van der Waals surface area (Å²) >= 11 is 0. The molecule has 2 N–H and O–H groups in total. The number of anilines is 1. The molecule has 0 atom stereocenters. The maximum atomic E-state index is 12.2. The summed E-state index contributed by atoms with van der Waals surface area (Å²) in [6.07, 6.45) is 2.37. The molecule has 4 nitrogen and oxygen atoms in total. The van der Waals surface area contributed by atoms with Crippen molar-refractivity contribution in [3.8, 4) is 0 Å². The highest BCUT2D eigenvalue weighted by Gasteiger charge is 2.20. The molecule has 0 unspecified atom stereocenters. The molecule has 1 amide bonds. The highest BCUT2D eigenvalue weighted by atomic mass is 35.5. The molecule has 130 valence electrons. The predicted molar refractivity (Wildman–Crippen MR) is 99.5 cm³/mol. The second-order valence-corrected chi connectivity index (χ2v) is 6.39. The third kappa shape index (κ3) is 6.50. The second kappa shape index (κ2) is 9.91. The molecular formula is C18H30ClN3O. The molecule has 2 rings (SSSR count). The van der Waals surface area contributed by atoms with Crippen LogP contribution in [-0.2, 0) is 4.79 Å². The minimum Gasteiger partial charge on any atom is -0.325 e. The van der Waals surface area contributed by atoms with Gasteiger partial charge in [-0.2, -0.15) is 0 Å². The molecule has 1 saturated heterocycles. The van der Waals surface area contributed by atoms with Crippen molar-refractivity contribution in [3.05, 3.63) is 29.3 Å². The quantitative estimate of drug-likeness (QED) is 0.837. The Kier molecular flexibility index (Phi) is 8.59. The van der Waals surface area contributed by atoms with Crippen LogP contribution < -0.4 is 10.6 Å². The summed E-state index contributed by atoms with van der Waals surface area (Å²) < 4.78 is 0. The Hall–Kier alpha value is -1.10. The Morgan fingerprint density at radius 1 is 1.26 bits per heavy atom. The number of amides is 1. The predicted octanol–water partition coefficient (Wildman–Crippen LogP) is 2.99. The van der Waals surface area contributed by atoms with Gasteiger partial charge >= 0.3 is 0 Å². The average molecular weight is 340 g/mol. The number of aryl methyl sites for hydroxylation is 2. The molecule has 0 bridgehead atoms. The third-order valence-electron chi connectivity index (χ3n) is 4.42. The van der Waals surface area contributed by atoms with E-state index in [4.69, 9.17) is 0 Å². The van der Waals surface area contributed by atoms with Crippen molar-refractivity contribution < 1.29 is 4.79 Å². The standard InChI is InChI=1S/C18H29N3O.ClH/c1-4-19-12-16-7-9-21(10-8-16)13-18(22)20-17-11-14(2)5-6-15(17)3;/h5-6,11,16,19H,4,7-10,12-13H2,1-3H3,(H,20,22);1H. The Bertz CT molecular complexity index is 499. The third-order valence-corrected chi connectivity index (χ3v) is 4.42. The molecule has 0 aliphatic carbocycles. The van der Waals surface area contributed by atoms with Gasteiger partial charge in [-0.1, -0.05) is 19.1 Å². The van der Waals surface area contributed by atoms with Crippen molar-refractivity contribution in [2.45, 2.75) is 33.6 Å². The lowest BCUT2D eigenvalue weighted by molar-refractivity contribution is -0.117. The molecule has 1 aliphatic rings. The van der Waals surface area contributed by atoms with Crippen LogP contribution in [0.1, 0.15) is 30.9 Å². The first-order valence-corrected chi connectivity index (χ1v) is 8.38. The lowest BCUT2D eigenvalue weighted by atomic mass is 9.97. The topological polar surface area (TPSA) is 44.4 Å². The number of nitrogens with zero attached hydrogens (tertiary/aromatic N) is 1. The first kappa shape index (κ1) is 19.9. The van der Waals surface area contributed by atoms with Gasteiger partial charge in [0.15, 0.2) is 0 Å². The van der Waals surface area contributed by atoms with E-state index in [1.807, 2.05) is 19.9 Å². The lowest BCUT2D eigenvalue weighted by Gasteiger charge is -2.31. The number of carbonyl (C=O) groups is 1. The smallest absolute Gasteiger partial charge is 0.238 e. The van der Waals surface area contributed by atoms with Crippen molar-refractivity contribution in [1.82, 2.24) is 10.2 Å². The zero-order valence-electron chi connectivity index (χ0n) is 14.5. The Balaban J connectivity index is 0.00000264. The molecular weight excluding hydrogens is 310 g/mol. The van der Waals surface area contributed by atoms with Gasteiger partial charge in [-0.05, 0) is 76.0 Å². The van der Waals surface area contributed by atoms with Crippen LogP contribution in [-0.4, -0.2) is 43.5 Å². The monoisotopic (exact) mass is 339 g/mol. The summed E-state index contributed by atoms with van der Waals surface area (Å²) in [4.78, 5) is 14.5. The molecule has 0 radical (unpaired) electrons. The maximum Gasteiger partial charge on any atom is 0.238 e. The first-order valence-electron chi connectivity index (χ1n) is 8.38. The summed E-state index contributed by atoms with van der Waals surface area (Å²) in [6.45, 7) is 10.9. The van der Waals surface area contributed by atoms with Gasteiger partial charge in [-0.25, -0.2) is 0 Å². The van der Waals surface area contributed by atoms with Gasteiger partial charge in [0.25, 0.3) is 0 Å². The summed E-state index contributed by atoms with van der Waals surface area (Å²) in [5.41, 5.74) is 3.22. The van der Waals surface area contributed by atoms with Gasteiger partial charge in [-0.15, -0.1) is 12.4 Å². The fourth-order valence-corrected chi connectivity index (χ4v) is 2.96. The zero-order valence-corrected chi connectivity index (χ0v) is 15.3. The fourth-order valence-electron chi connectivity index (χ4n) is 2.96. The molecule has 23 heavy (non-hydrogen) atoms. The number of carbonyl (C=O) groups excluding carboxylic acids is 1. The lowest BCUT2D eigenvalue weighted by Crippen LogP contribution is -2.41. The van der Waals surface area contributed by atoms with E-state index in [1.165, 1.54) is 18.4 Å². The SMILES string of the molecule is CCNCC1CCN(CC(=O)Nc2cc(C)ccc2C)CC1.Cl. The van der Waals surface area contributed by atoms with Gasteiger partial charge in [0.05, 0.1) is 6.54 Å². The number of piperidine rings is 1. The number of nitrogens with one attached hydrogen (secondary N) is 2. The molecule has 1 heterocycles. The van der Waals surface area contributed by atoms with E-state index in [-0.39, 0.29) is 18.3 Å². The van der Waals surface area contributed by atoms with Gasteiger partial charge < -0.3 is 10.6 Å². The van der Waals surface area contributed by atoms with Gasteiger partial charge in [-0.3, -0.25) is 9.69 Å². The maximum absolute atomic E-state index is 12.2. The molecule has 5 heteroatoms. The molecule has 1 aromatic carbocycles. The summed E-state index contributed by atoms with van der Waals surface area (Å²) in [7, 11) is 0. The zero-order chi connectivity index (χ0) is 15.9. The largest absolute Gasteiger partial charge is 0.325 e. The van der Waals surface area contributed by atoms with Crippen LogP contribution in [0.2, 0.25) is 0 Å². The molecule has 0 saturated carbocycles. The van der Waals surface area contributed by atoms with E-state index in [2.05, 4.69) is 34.6 Å². The van der Waals surface area contributed by atoms with Crippen LogP contribution in [0.25, 0.3) is 0 Å². The van der Waals surface area contributed by atoms with Crippen molar-refractivity contribution in [2.24, 2.45) is 5.92 Å². The number of halogens is 1. The number of hydrogen-bond donors (Lipinski definition) is 2. The normalized spacial score (nSPS) is 16.0. The number of hydrogen-bond acceptors (Lipinski definition) is 3. The number of benzene rings is 1. The van der Waals surface area contributed by atoms with Crippen molar-refractivity contribution in [3.63, 3.8) is 0 Å². The molecule has 0 spiro atoms. The van der Waals surface area contributed by atoms with Crippen molar-refractivity contribution in [1.29, 1.82) is 0 Å². The molecule has 1 aromatic rings. The molecule has 1 aliphatic heterocycles. The Morgan fingerprint density at radius 3 is 2.61 bits per heavy atom. The van der Waals surface area contributed by atoms with E-state index in [0.29, 0.717) is 6.54 Å². The summed E-state index contributed by atoms with van der Waals surface area (Å²) in [5.74, 6) is 0.858. The minimum absolute atomic E-state index is 0. The second-order valence-electron chi connectivity index (χ2n) is 6.39. The average Bonchev–Trinajstić information content (AvgIpc) is 2.50. The van der Waals surface area contributed by atoms with Crippen LogP contribution >= 0.6 is 12.4 Å². The van der Waals surface area contributed by atoms with Crippen LogP contribution in [0, 0.1) is 19.8 Å². The van der Waals surface area contributed by atoms with E-state index >= 15 is 0 Å². The van der Waals surface area contributed by atoms with E-state index in [0.717, 1.165) is 43.3 Å². The minimum atomic E-state index is 0.